The first-order chi connectivity index (χ1) is 14.1. The minimum Gasteiger partial charge on any atom is -0.399 e. The van der Waals surface area contributed by atoms with Gasteiger partial charge in [0.2, 0.25) is 0 Å². The second kappa shape index (κ2) is 8.38. The summed E-state index contributed by atoms with van der Waals surface area (Å²) in [5.41, 5.74) is 8.30. The highest BCUT2D eigenvalue weighted by Gasteiger charge is 2.25. The van der Waals surface area contributed by atoms with Crippen molar-refractivity contribution in [3.05, 3.63) is 82.0 Å². The Hall–Kier alpha value is -3.30. The number of Topliss-reactive ketones (excluding diaryl/α,β-unsaturated/α-hetero) is 1. The lowest BCUT2D eigenvalue weighted by Crippen LogP contribution is -2.26. The lowest BCUT2D eigenvalue weighted by Gasteiger charge is -2.17. The molecule has 1 aromatic heterocycles. The number of benzene rings is 2. The first kappa shape index (κ1) is 19.0. The molecule has 8 nitrogen and oxygen atoms in total. The molecule has 0 saturated carbocycles. The Labute approximate surface area is 171 Å². The third-order valence-corrected chi connectivity index (χ3v) is 5.54. The third kappa shape index (κ3) is 4.10. The van der Waals surface area contributed by atoms with Gasteiger partial charge in [0.15, 0.2) is 17.4 Å². The molecule has 0 amide bonds. The number of anilines is 1. The van der Waals surface area contributed by atoms with Crippen molar-refractivity contribution in [2.45, 2.75) is 6.04 Å². The van der Waals surface area contributed by atoms with E-state index < -0.39 is 0 Å². The van der Waals surface area contributed by atoms with Crippen LogP contribution in [-0.2, 0) is 0 Å². The summed E-state index contributed by atoms with van der Waals surface area (Å²) >= 11 is 1.35. The van der Waals surface area contributed by atoms with Gasteiger partial charge >= 0.3 is 0 Å². The second-order valence-corrected chi connectivity index (χ2v) is 7.56. The molecular formula is C20H18N6O2S. The first-order valence-electron chi connectivity index (χ1n) is 8.98. The van der Waals surface area contributed by atoms with Gasteiger partial charge in [0.25, 0.3) is 0 Å². The van der Waals surface area contributed by atoms with Crippen molar-refractivity contribution in [2.75, 3.05) is 18.0 Å². The van der Waals surface area contributed by atoms with Crippen LogP contribution >= 0.6 is 11.8 Å². The average molecular weight is 406 g/mol. The van der Waals surface area contributed by atoms with E-state index in [1.54, 1.807) is 24.3 Å². The number of nitrogens with one attached hydrogen (secondary N) is 2. The number of carbonyl (C=O) groups is 2. The number of ketones is 2. The summed E-state index contributed by atoms with van der Waals surface area (Å²) in [6.45, 7) is 0.564. The van der Waals surface area contributed by atoms with E-state index in [-0.39, 0.29) is 17.6 Å². The molecule has 4 N–H and O–H groups in total. The van der Waals surface area contributed by atoms with E-state index in [0.717, 1.165) is 5.56 Å². The quantitative estimate of drug-likeness (QED) is 0.402. The smallest absolute Gasteiger partial charge is 0.200 e. The number of nitrogen functional groups attached to an aromatic ring is 1. The zero-order chi connectivity index (χ0) is 20.2. The van der Waals surface area contributed by atoms with Gasteiger partial charge in [-0.3, -0.25) is 9.59 Å². The molecule has 29 heavy (non-hydrogen) atoms. The van der Waals surface area contributed by atoms with Gasteiger partial charge < -0.3 is 11.1 Å². The Bertz CT molecular complexity index is 1060. The second-order valence-electron chi connectivity index (χ2n) is 6.42. The maximum absolute atomic E-state index is 12.6. The monoisotopic (exact) mass is 406 g/mol. The van der Waals surface area contributed by atoms with Crippen molar-refractivity contribution < 1.29 is 9.59 Å². The summed E-state index contributed by atoms with van der Waals surface area (Å²) in [5, 5.41) is 17.6. The van der Waals surface area contributed by atoms with E-state index in [1.165, 1.54) is 17.8 Å². The number of hydrogen-bond donors (Lipinski definition) is 3. The molecule has 0 saturated heterocycles. The number of rotatable bonds is 7. The SMILES string of the molecule is Nc1ccc(C(NCCSC2=CC(=O)c3ccccc3C2=O)c2nn[nH]n2)cc1. The van der Waals surface area contributed by atoms with Crippen molar-refractivity contribution in [1.29, 1.82) is 0 Å². The topological polar surface area (TPSA) is 127 Å². The summed E-state index contributed by atoms with van der Waals surface area (Å²) in [5.74, 6) is 0.855. The third-order valence-electron chi connectivity index (χ3n) is 4.52. The highest BCUT2D eigenvalue weighted by molar-refractivity contribution is 8.04. The van der Waals surface area contributed by atoms with Crippen LogP contribution < -0.4 is 11.1 Å². The lowest BCUT2D eigenvalue weighted by molar-refractivity contribution is 0.0991. The standard InChI is InChI=1S/C20H18N6O2S/c21-13-7-5-12(6-8-13)18(20-23-25-26-24-20)22-9-10-29-17-11-16(27)14-3-1-2-4-15(14)19(17)28/h1-8,11,18,22H,9-10,21H2,(H,23,24,25,26). The van der Waals surface area contributed by atoms with Gasteiger partial charge in [-0.2, -0.15) is 5.21 Å². The minimum absolute atomic E-state index is 0.113. The Morgan fingerprint density at radius 1 is 1.07 bits per heavy atom. The van der Waals surface area contributed by atoms with Gasteiger partial charge in [0.1, 0.15) is 0 Å². The zero-order valence-corrected chi connectivity index (χ0v) is 16.1. The predicted molar refractivity (Wildman–Crippen MR) is 111 cm³/mol. The molecule has 0 spiro atoms. The van der Waals surface area contributed by atoms with Gasteiger partial charge in [-0.1, -0.05) is 41.6 Å². The highest BCUT2D eigenvalue weighted by Crippen LogP contribution is 2.28. The number of aromatic amines is 1. The van der Waals surface area contributed by atoms with Crippen molar-refractivity contribution in [3.63, 3.8) is 0 Å². The molecule has 4 rings (SSSR count). The van der Waals surface area contributed by atoms with Crippen molar-refractivity contribution >= 4 is 29.0 Å². The molecule has 0 radical (unpaired) electrons. The van der Waals surface area contributed by atoms with E-state index in [2.05, 4.69) is 25.9 Å². The van der Waals surface area contributed by atoms with Crippen LogP contribution in [0.15, 0.2) is 59.5 Å². The normalized spacial score (nSPS) is 14.4. The summed E-state index contributed by atoms with van der Waals surface area (Å²) < 4.78 is 0. The molecule has 2 aromatic carbocycles. The Balaban J connectivity index is 1.41. The van der Waals surface area contributed by atoms with Gasteiger partial charge in [-0.05, 0) is 17.7 Å². The van der Waals surface area contributed by atoms with Gasteiger partial charge in [-0.25, -0.2) is 0 Å². The molecule has 0 fully saturated rings. The van der Waals surface area contributed by atoms with Crippen LogP contribution in [0.25, 0.3) is 0 Å². The maximum atomic E-state index is 12.6. The van der Waals surface area contributed by atoms with Crippen LogP contribution in [0.1, 0.15) is 38.1 Å². The number of tetrazole rings is 1. The zero-order valence-electron chi connectivity index (χ0n) is 15.3. The van der Waals surface area contributed by atoms with Crippen LogP contribution in [-0.4, -0.2) is 44.5 Å². The molecule has 1 aliphatic rings. The Kier molecular flexibility index (Phi) is 5.50. The van der Waals surface area contributed by atoms with E-state index in [4.69, 9.17) is 5.73 Å². The van der Waals surface area contributed by atoms with Crippen molar-refractivity contribution in [3.8, 4) is 0 Å². The number of nitrogens with zero attached hydrogens (tertiary/aromatic N) is 3. The number of allylic oxidation sites excluding steroid dienone is 2. The number of aromatic nitrogens is 4. The maximum Gasteiger partial charge on any atom is 0.200 e. The van der Waals surface area contributed by atoms with Gasteiger partial charge in [0, 0.05) is 35.2 Å². The summed E-state index contributed by atoms with van der Waals surface area (Å²) in [6.07, 6.45) is 1.42. The number of fused-ring (bicyclic) bond motifs is 1. The number of thioether (sulfide) groups is 1. The lowest BCUT2D eigenvalue weighted by atomic mass is 9.95. The fourth-order valence-corrected chi connectivity index (χ4v) is 3.97. The van der Waals surface area contributed by atoms with Gasteiger partial charge in [0.05, 0.1) is 10.9 Å². The Morgan fingerprint density at radius 3 is 2.55 bits per heavy atom. The van der Waals surface area contributed by atoms with Crippen LogP contribution in [0.4, 0.5) is 5.69 Å². The number of hydrogen-bond acceptors (Lipinski definition) is 8. The largest absolute Gasteiger partial charge is 0.399 e. The van der Waals surface area contributed by atoms with Crippen LogP contribution in [0.2, 0.25) is 0 Å². The van der Waals surface area contributed by atoms with Crippen LogP contribution in [0, 0.1) is 0 Å². The summed E-state index contributed by atoms with van der Waals surface area (Å²) in [7, 11) is 0. The molecular weight excluding hydrogens is 388 g/mol. The Morgan fingerprint density at radius 2 is 1.83 bits per heavy atom. The first-order valence-corrected chi connectivity index (χ1v) is 9.97. The van der Waals surface area contributed by atoms with E-state index in [0.29, 0.717) is 39.8 Å². The summed E-state index contributed by atoms with van der Waals surface area (Å²) in [4.78, 5) is 25.3. The van der Waals surface area contributed by atoms with Crippen LogP contribution in [0.3, 0.4) is 0 Å². The van der Waals surface area contributed by atoms with E-state index in [9.17, 15) is 9.59 Å². The fourth-order valence-electron chi connectivity index (χ4n) is 3.10. The molecule has 0 aliphatic heterocycles. The highest BCUT2D eigenvalue weighted by atomic mass is 32.2. The number of carbonyl (C=O) groups excluding carboxylic acids is 2. The van der Waals surface area contributed by atoms with Crippen molar-refractivity contribution in [2.24, 2.45) is 0 Å². The fraction of sp³-hybridized carbons (Fsp3) is 0.150. The number of H-pyrrole nitrogens is 1. The molecule has 0 bridgehead atoms. The van der Waals surface area contributed by atoms with Crippen LogP contribution in [0.5, 0.6) is 0 Å². The minimum atomic E-state index is -0.270. The van der Waals surface area contributed by atoms with Crippen molar-refractivity contribution in [1.82, 2.24) is 25.9 Å². The average Bonchev–Trinajstić information content (AvgIpc) is 3.27. The van der Waals surface area contributed by atoms with E-state index in [1.807, 2.05) is 24.3 Å². The molecule has 1 aliphatic carbocycles. The number of nitrogens with two attached hydrogens (primary N) is 1. The molecule has 1 unspecified atom stereocenters. The molecule has 3 aromatic rings. The molecule has 1 heterocycles. The molecule has 9 heteroatoms. The van der Waals surface area contributed by atoms with E-state index >= 15 is 0 Å². The molecule has 1 atom stereocenters. The summed E-state index contributed by atoms with van der Waals surface area (Å²) in [6, 6.07) is 14.1. The van der Waals surface area contributed by atoms with Gasteiger partial charge in [-0.15, -0.1) is 22.0 Å². The predicted octanol–water partition coefficient (Wildman–Crippen LogP) is 2.16. The molecule has 146 valence electrons.